The normalized spacial score (nSPS) is 8.31. The first kappa shape index (κ1) is 19.0. The Kier molecular flexibility index (Phi) is 33.2. The van der Waals surface area contributed by atoms with Crippen molar-refractivity contribution in [1.29, 1.82) is 0 Å². The van der Waals surface area contributed by atoms with E-state index in [1.54, 1.807) is 0 Å². The van der Waals surface area contributed by atoms with E-state index >= 15 is 0 Å². The van der Waals surface area contributed by atoms with E-state index in [0.29, 0.717) is 0 Å². The van der Waals surface area contributed by atoms with Gasteiger partial charge in [-0.15, -0.1) is 12.4 Å². The maximum atomic E-state index is 2.23. The summed E-state index contributed by atoms with van der Waals surface area (Å²) in [4.78, 5) is 0. The zero-order valence-corrected chi connectivity index (χ0v) is 10.9. The van der Waals surface area contributed by atoms with E-state index in [4.69, 9.17) is 0 Å². The van der Waals surface area contributed by atoms with Gasteiger partial charge in [-0.1, -0.05) is 79.1 Å². The molecule has 0 nitrogen and oxygen atoms in total. The SMILES string of the molecule is CCCCCC.CCCCCC.Cl. The smallest absolute Gasteiger partial charge is 0.0536 e. The molecule has 0 aromatic rings. The molecular weight excluding hydrogens is 180 g/mol. The highest BCUT2D eigenvalue weighted by molar-refractivity contribution is 5.85. The zero-order chi connectivity index (χ0) is 9.66. The molecule has 0 amide bonds. The van der Waals surface area contributed by atoms with Gasteiger partial charge in [0.05, 0.1) is 0 Å². The van der Waals surface area contributed by atoms with Crippen LogP contribution in [0.2, 0.25) is 0 Å². The van der Waals surface area contributed by atoms with Crippen LogP contribution in [0.5, 0.6) is 0 Å². The van der Waals surface area contributed by atoms with Crippen LogP contribution < -0.4 is 0 Å². The molecule has 0 N–H and O–H groups in total. The molecule has 0 atom stereocenters. The predicted octanol–water partition coefficient (Wildman–Crippen LogP) is 5.60. The summed E-state index contributed by atoms with van der Waals surface area (Å²) in [6.07, 6.45) is 11.1. The fraction of sp³-hybridized carbons (Fsp3) is 1.00. The van der Waals surface area contributed by atoms with E-state index in [9.17, 15) is 0 Å². The number of hydrogen-bond donors (Lipinski definition) is 0. The second-order valence-electron chi connectivity index (χ2n) is 3.41. The minimum Gasteiger partial charge on any atom is -0.147 e. The van der Waals surface area contributed by atoms with Gasteiger partial charge in [0.2, 0.25) is 0 Å². The van der Waals surface area contributed by atoms with E-state index in [-0.39, 0.29) is 12.4 Å². The van der Waals surface area contributed by atoms with Gasteiger partial charge >= 0.3 is 0 Å². The van der Waals surface area contributed by atoms with Crippen molar-refractivity contribution in [3.8, 4) is 0 Å². The average molecular weight is 209 g/mol. The Hall–Kier alpha value is 0.290. The molecule has 0 spiro atoms. The Morgan fingerprint density at radius 2 is 0.615 bits per heavy atom. The van der Waals surface area contributed by atoms with Gasteiger partial charge in [0.1, 0.15) is 0 Å². The molecule has 84 valence electrons. The fourth-order valence-corrected chi connectivity index (χ4v) is 1.000. The summed E-state index contributed by atoms with van der Waals surface area (Å²) in [5, 5.41) is 0. The number of rotatable bonds is 6. The van der Waals surface area contributed by atoms with Crippen molar-refractivity contribution < 1.29 is 0 Å². The highest BCUT2D eigenvalue weighted by Crippen LogP contribution is 1.95. The summed E-state index contributed by atoms with van der Waals surface area (Å²) in [5.41, 5.74) is 0. The summed E-state index contributed by atoms with van der Waals surface area (Å²) >= 11 is 0. The molecule has 0 aliphatic carbocycles. The minimum absolute atomic E-state index is 0. The highest BCUT2D eigenvalue weighted by Gasteiger charge is 1.75. The molecule has 1 heteroatoms. The Morgan fingerprint density at radius 1 is 0.462 bits per heavy atom. The van der Waals surface area contributed by atoms with Crippen molar-refractivity contribution in [1.82, 2.24) is 0 Å². The van der Waals surface area contributed by atoms with Gasteiger partial charge in [0, 0.05) is 0 Å². The Balaban J connectivity index is -0.000000143. The molecule has 0 fully saturated rings. The summed E-state index contributed by atoms with van der Waals surface area (Å²) in [7, 11) is 0. The molecule has 0 aliphatic heterocycles. The monoisotopic (exact) mass is 208 g/mol. The lowest BCUT2D eigenvalue weighted by Gasteiger charge is -1.86. The number of hydrogen-bond acceptors (Lipinski definition) is 0. The van der Waals surface area contributed by atoms with Gasteiger partial charge in [-0.05, 0) is 0 Å². The first-order valence-corrected chi connectivity index (χ1v) is 5.83. The lowest BCUT2D eigenvalue weighted by molar-refractivity contribution is 0.702. The lowest BCUT2D eigenvalue weighted by atomic mass is 10.2. The van der Waals surface area contributed by atoms with Crippen LogP contribution in [0, 0.1) is 0 Å². The molecule has 0 radical (unpaired) electrons. The van der Waals surface area contributed by atoms with Crippen LogP contribution in [0.3, 0.4) is 0 Å². The molecule has 0 rings (SSSR count). The van der Waals surface area contributed by atoms with Gasteiger partial charge in [-0.3, -0.25) is 0 Å². The van der Waals surface area contributed by atoms with Crippen LogP contribution in [0.4, 0.5) is 0 Å². The highest BCUT2D eigenvalue weighted by atomic mass is 35.5. The van der Waals surface area contributed by atoms with Crippen LogP contribution in [0.15, 0.2) is 0 Å². The van der Waals surface area contributed by atoms with Gasteiger partial charge < -0.3 is 0 Å². The van der Waals surface area contributed by atoms with E-state index in [2.05, 4.69) is 27.7 Å². The van der Waals surface area contributed by atoms with Crippen molar-refractivity contribution >= 4 is 12.4 Å². The summed E-state index contributed by atoms with van der Waals surface area (Å²) in [5.74, 6) is 0. The van der Waals surface area contributed by atoms with Crippen LogP contribution in [0.1, 0.15) is 79.1 Å². The van der Waals surface area contributed by atoms with Gasteiger partial charge in [-0.2, -0.15) is 0 Å². The van der Waals surface area contributed by atoms with E-state index in [0.717, 1.165) is 0 Å². The third-order valence-electron chi connectivity index (χ3n) is 1.91. The molecule has 0 bridgehead atoms. The molecule has 0 heterocycles. The van der Waals surface area contributed by atoms with Gasteiger partial charge in [0.25, 0.3) is 0 Å². The third kappa shape index (κ3) is 32.9. The molecule has 0 aromatic heterocycles. The van der Waals surface area contributed by atoms with Gasteiger partial charge in [0.15, 0.2) is 0 Å². The predicted molar refractivity (Wildman–Crippen MR) is 66.9 cm³/mol. The first-order valence-electron chi connectivity index (χ1n) is 5.83. The molecule has 13 heavy (non-hydrogen) atoms. The molecule has 0 saturated carbocycles. The third-order valence-corrected chi connectivity index (χ3v) is 1.91. The number of halogens is 1. The zero-order valence-electron chi connectivity index (χ0n) is 10.1. The van der Waals surface area contributed by atoms with E-state index < -0.39 is 0 Å². The van der Waals surface area contributed by atoms with Crippen LogP contribution >= 0.6 is 12.4 Å². The summed E-state index contributed by atoms with van der Waals surface area (Å²) in [6, 6.07) is 0. The van der Waals surface area contributed by atoms with E-state index in [1.165, 1.54) is 51.4 Å². The van der Waals surface area contributed by atoms with Crippen LogP contribution in [0.25, 0.3) is 0 Å². The maximum absolute atomic E-state index is 2.23. The molecule has 0 saturated heterocycles. The van der Waals surface area contributed by atoms with Crippen molar-refractivity contribution in [2.75, 3.05) is 0 Å². The largest absolute Gasteiger partial charge is 0.147 e. The molecule has 0 aromatic carbocycles. The second kappa shape index (κ2) is 22.8. The van der Waals surface area contributed by atoms with Gasteiger partial charge in [-0.25, -0.2) is 0 Å². The van der Waals surface area contributed by atoms with Crippen LogP contribution in [-0.4, -0.2) is 0 Å². The average Bonchev–Trinajstić information content (AvgIpc) is 2.12. The van der Waals surface area contributed by atoms with Crippen molar-refractivity contribution in [2.45, 2.75) is 79.1 Å². The standard InChI is InChI=1S/2C6H14.ClH/c2*1-3-5-6-4-2;/h2*3-6H2,1-2H3;1H. The molecule has 0 unspecified atom stereocenters. The Bertz CT molecular complexity index is 37.1. The van der Waals surface area contributed by atoms with Crippen LogP contribution in [-0.2, 0) is 0 Å². The second-order valence-corrected chi connectivity index (χ2v) is 3.41. The summed E-state index contributed by atoms with van der Waals surface area (Å²) in [6.45, 7) is 8.93. The number of unbranched alkanes of at least 4 members (excludes halogenated alkanes) is 6. The molecule has 0 aliphatic rings. The topological polar surface area (TPSA) is 0 Å². The maximum Gasteiger partial charge on any atom is -0.0536 e. The fourth-order valence-electron chi connectivity index (χ4n) is 1.000. The van der Waals surface area contributed by atoms with E-state index in [1.807, 2.05) is 0 Å². The quantitative estimate of drug-likeness (QED) is 0.499. The minimum atomic E-state index is 0. The Labute approximate surface area is 91.9 Å². The Morgan fingerprint density at radius 3 is 0.692 bits per heavy atom. The van der Waals surface area contributed by atoms with Crippen molar-refractivity contribution in [2.24, 2.45) is 0 Å². The van der Waals surface area contributed by atoms with Crippen molar-refractivity contribution in [3.05, 3.63) is 0 Å². The summed E-state index contributed by atoms with van der Waals surface area (Å²) < 4.78 is 0. The van der Waals surface area contributed by atoms with Crippen molar-refractivity contribution in [3.63, 3.8) is 0 Å². The first-order chi connectivity index (χ1) is 5.83. The lowest BCUT2D eigenvalue weighted by Crippen LogP contribution is -1.66. The molecular formula is C12H29Cl.